The molecule has 2 N–H and O–H groups in total. The lowest BCUT2D eigenvalue weighted by molar-refractivity contribution is -0.146. The van der Waals surface area contributed by atoms with Gasteiger partial charge in [-0.15, -0.1) is 0 Å². The van der Waals surface area contributed by atoms with E-state index in [4.69, 9.17) is 9.47 Å². The molecule has 0 aromatic heterocycles. The van der Waals surface area contributed by atoms with Crippen LogP contribution in [-0.2, 0) is 16.0 Å². The molecule has 0 bridgehead atoms. The molecule has 1 amide bonds. The zero-order valence-corrected chi connectivity index (χ0v) is 14.1. The number of amides is 1. The molecule has 1 atom stereocenters. The summed E-state index contributed by atoms with van der Waals surface area (Å²) in [6, 6.07) is 5.45. The Morgan fingerprint density at radius 1 is 1.26 bits per heavy atom. The monoisotopic (exact) mass is 339 g/mol. The van der Waals surface area contributed by atoms with Gasteiger partial charge in [-0.05, 0) is 36.3 Å². The van der Waals surface area contributed by atoms with E-state index in [1.165, 1.54) is 0 Å². The van der Waals surface area contributed by atoms with E-state index in [1.807, 2.05) is 12.1 Å². The molecule has 0 spiro atoms. The fraction of sp³-hybridized carbons (Fsp3) is 0.500. The van der Waals surface area contributed by atoms with E-state index in [0.29, 0.717) is 30.1 Å². The van der Waals surface area contributed by atoms with Crippen LogP contribution in [0.2, 0.25) is 0 Å². The molecule has 1 aromatic rings. The third kappa shape index (κ3) is 4.31. The molecule has 0 radical (unpaired) electrons. The third-order valence-electron chi connectivity index (χ3n) is 3.86. The summed E-state index contributed by atoms with van der Waals surface area (Å²) < 4.78 is 10.4. The first-order valence-corrected chi connectivity index (χ1v) is 8.48. The van der Waals surface area contributed by atoms with Crippen LogP contribution in [0.4, 0.5) is 0 Å². The molecule has 1 saturated heterocycles. The molecule has 1 fully saturated rings. The first-order chi connectivity index (χ1) is 11.0. The molecule has 1 unspecified atom stereocenters. The maximum absolute atomic E-state index is 12.1. The summed E-state index contributed by atoms with van der Waals surface area (Å²) in [7, 11) is 3.14. The minimum atomic E-state index is -1.12. The number of nitrogens with one attached hydrogen (secondary N) is 1. The van der Waals surface area contributed by atoms with Crippen LogP contribution in [0.5, 0.6) is 11.5 Å². The van der Waals surface area contributed by atoms with Gasteiger partial charge in [-0.3, -0.25) is 4.79 Å². The van der Waals surface area contributed by atoms with Crippen molar-refractivity contribution in [1.29, 1.82) is 0 Å². The van der Waals surface area contributed by atoms with Crippen LogP contribution in [0.25, 0.3) is 0 Å². The number of ether oxygens (including phenoxy) is 2. The minimum absolute atomic E-state index is 0.218. The highest BCUT2D eigenvalue weighted by Crippen LogP contribution is 2.28. The Balaban J connectivity index is 1.97. The highest BCUT2D eigenvalue weighted by atomic mass is 32.2. The standard InChI is InChI=1S/C16H21NO5S/c1-21-12-7-11(8-13(9-12)22-2)3-4-14(18)17-16(15(19)20)5-6-23-10-16/h7-9H,3-6,10H2,1-2H3,(H,17,18)(H,19,20). The lowest BCUT2D eigenvalue weighted by Gasteiger charge is -2.24. The molecule has 0 aliphatic carbocycles. The Bertz CT molecular complexity index is 562. The summed E-state index contributed by atoms with van der Waals surface area (Å²) in [5.74, 6) is 1.28. The largest absolute Gasteiger partial charge is 0.497 e. The fourth-order valence-corrected chi connectivity index (χ4v) is 3.81. The summed E-state index contributed by atoms with van der Waals surface area (Å²) in [5, 5.41) is 12.1. The number of methoxy groups -OCH3 is 2. The van der Waals surface area contributed by atoms with Gasteiger partial charge in [-0.1, -0.05) is 0 Å². The van der Waals surface area contributed by atoms with Crippen molar-refractivity contribution in [2.45, 2.75) is 24.8 Å². The molecule has 1 aliphatic heterocycles. The molecule has 23 heavy (non-hydrogen) atoms. The zero-order valence-electron chi connectivity index (χ0n) is 13.3. The van der Waals surface area contributed by atoms with Crippen LogP contribution in [0.15, 0.2) is 18.2 Å². The molecular formula is C16H21NO5S. The van der Waals surface area contributed by atoms with Crippen LogP contribution in [0, 0.1) is 0 Å². The Hall–Kier alpha value is -1.89. The number of hydrogen-bond acceptors (Lipinski definition) is 5. The SMILES string of the molecule is COc1cc(CCC(=O)NC2(C(=O)O)CCSC2)cc(OC)c1. The van der Waals surface area contributed by atoms with E-state index in [-0.39, 0.29) is 12.3 Å². The number of hydrogen-bond donors (Lipinski definition) is 2. The Labute approximate surface area is 139 Å². The molecule has 6 nitrogen and oxygen atoms in total. The number of carboxylic acids is 1. The van der Waals surface area contributed by atoms with Gasteiger partial charge in [-0.25, -0.2) is 4.79 Å². The first kappa shape index (κ1) is 17.5. The fourth-order valence-electron chi connectivity index (χ4n) is 2.48. The Morgan fingerprint density at radius 3 is 2.39 bits per heavy atom. The highest BCUT2D eigenvalue weighted by Gasteiger charge is 2.43. The van der Waals surface area contributed by atoms with Crippen molar-refractivity contribution < 1.29 is 24.2 Å². The first-order valence-electron chi connectivity index (χ1n) is 7.33. The molecular weight excluding hydrogens is 318 g/mol. The maximum Gasteiger partial charge on any atom is 0.330 e. The number of aliphatic carboxylic acids is 1. The van der Waals surface area contributed by atoms with Crippen molar-refractivity contribution in [2.24, 2.45) is 0 Å². The summed E-state index contributed by atoms with van der Waals surface area (Å²) in [6.45, 7) is 0. The molecule has 1 aliphatic rings. The van der Waals surface area contributed by atoms with Gasteiger partial charge < -0.3 is 19.9 Å². The zero-order chi connectivity index (χ0) is 16.9. The third-order valence-corrected chi connectivity index (χ3v) is 5.05. The predicted octanol–water partition coefficient (Wildman–Crippen LogP) is 1.71. The van der Waals surface area contributed by atoms with Crippen LogP contribution in [0.1, 0.15) is 18.4 Å². The average molecular weight is 339 g/mol. The van der Waals surface area contributed by atoms with Crippen LogP contribution in [0.3, 0.4) is 0 Å². The van der Waals surface area contributed by atoms with Gasteiger partial charge in [0.1, 0.15) is 17.0 Å². The maximum atomic E-state index is 12.1. The van der Waals surface area contributed by atoms with Crippen molar-refractivity contribution in [2.75, 3.05) is 25.7 Å². The second-order valence-electron chi connectivity index (χ2n) is 5.46. The van der Waals surface area contributed by atoms with Crippen LogP contribution >= 0.6 is 11.8 Å². The van der Waals surface area contributed by atoms with Crippen LogP contribution in [-0.4, -0.2) is 48.2 Å². The van der Waals surface area contributed by atoms with E-state index in [9.17, 15) is 14.7 Å². The van der Waals surface area contributed by atoms with Crippen molar-refractivity contribution in [3.05, 3.63) is 23.8 Å². The van der Waals surface area contributed by atoms with E-state index in [2.05, 4.69) is 5.32 Å². The smallest absolute Gasteiger partial charge is 0.330 e. The van der Waals surface area contributed by atoms with E-state index >= 15 is 0 Å². The van der Waals surface area contributed by atoms with E-state index in [0.717, 1.165) is 11.3 Å². The number of aryl methyl sites for hydroxylation is 1. The number of benzene rings is 1. The predicted molar refractivity (Wildman–Crippen MR) is 88.3 cm³/mol. The summed E-state index contributed by atoms with van der Waals surface area (Å²) in [6.07, 6.45) is 1.17. The second kappa shape index (κ2) is 7.59. The molecule has 2 rings (SSSR count). The molecule has 0 saturated carbocycles. The number of carboxylic acid groups (broad SMARTS) is 1. The second-order valence-corrected chi connectivity index (χ2v) is 6.56. The lowest BCUT2D eigenvalue weighted by Crippen LogP contribution is -2.54. The van der Waals surface area contributed by atoms with Crippen molar-refractivity contribution >= 4 is 23.6 Å². The number of thioether (sulfide) groups is 1. The highest BCUT2D eigenvalue weighted by molar-refractivity contribution is 7.99. The molecule has 7 heteroatoms. The van der Waals surface area contributed by atoms with Gasteiger partial charge in [0.05, 0.1) is 14.2 Å². The van der Waals surface area contributed by atoms with Crippen LogP contribution < -0.4 is 14.8 Å². The minimum Gasteiger partial charge on any atom is -0.497 e. The van der Waals surface area contributed by atoms with E-state index < -0.39 is 11.5 Å². The van der Waals surface area contributed by atoms with Gasteiger partial charge in [0.25, 0.3) is 0 Å². The van der Waals surface area contributed by atoms with E-state index in [1.54, 1.807) is 32.0 Å². The van der Waals surface area contributed by atoms with Gasteiger partial charge in [0.2, 0.25) is 5.91 Å². The quantitative estimate of drug-likeness (QED) is 0.787. The van der Waals surface area contributed by atoms with Gasteiger partial charge >= 0.3 is 5.97 Å². The summed E-state index contributed by atoms with van der Waals surface area (Å²) in [4.78, 5) is 23.6. The molecule has 1 aromatic carbocycles. The number of carbonyl (C=O) groups excluding carboxylic acids is 1. The summed E-state index contributed by atoms with van der Waals surface area (Å²) >= 11 is 1.55. The molecule has 1 heterocycles. The Morgan fingerprint density at radius 2 is 1.91 bits per heavy atom. The normalized spacial score (nSPS) is 20.1. The van der Waals surface area contributed by atoms with Crippen molar-refractivity contribution in [3.8, 4) is 11.5 Å². The molecule has 126 valence electrons. The van der Waals surface area contributed by atoms with Crippen molar-refractivity contribution in [1.82, 2.24) is 5.32 Å². The van der Waals surface area contributed by atoms with Gasteiger partial charge in [0, 0.05) is 18.2 Å². The number of carbonyl (C=O) groups is 2. The van der Waals surface area contributed by atoms with Gasteiger partial charge in [0.15, 0.2) is 0 Å². The average Bonchev–Trinajstić information content (AvgIpc) is 3.02. The Kier molecular flexibility index (Phi) is 5.76. The topological polar surface area (TPSA) is 84.9 Å². The number of rotatable bonds is 7. The van der Waals surface area contributed by atoms with Gasteiger partial charge in [-0.2, -0.15) is 11.8 Å². The summed E-state index contributed by atoms with van der Waals surface area (Å²) in [5.41, 5.74) is -0.213. The lowest BCUT2D eigenvalue weighted by atomic mass is 9.98. The van der Waals surface area contributed by atoms with Crippen molar-refractivity contribution in [3.63, 3.8) is 0 Å².